The van der Waals surface area contributed by atoms with Crippen LogP contribution in [0.1, 0.15) is 71.9 Å². The Morgan fingerprint density at radius 3 is 2.50 bits per heavy atom. The van der Waals surface area contributed by atoms with Crippen molar-refractivity contribution in [3.63, 3.8) is 0 Å². The summed E-state index contributed by atoms with van der Waals surface area (Å²) in [6, 6.07) is 1.86. The smallest absolute Gasteiger partial charge is 0.348 e. The molecule has 2 amide bonds. The molecular formula is C22H26N2O6S2. The van der Waals surface area contributed by atoms with Crippen LogP contribution in [-0.4, -0.2) is 44.0 Å². The highest BCUT2D eigenvalue weighted by molar-refractivity contribution is 7.18. The Labute approximate surface area is 194 Å². The fourth-order valence-electron chi connectivity index (χ4n) is 3.51. The average Bonchev–Trinajstić information content (AvgIpc) is 3.24. The Balaban J connectivity index is 1.68. The fourth-order valence-corrected chi connectivity index (χ4v) is 5.82. The molecule has 2 aromatic heterocycles. The van der Waals surface area contributed by atoms with Crippen molar-refractivity contribution >= 4 is 51.4 Å². The molecule has 0 unspecified atom stereocenters. The van der Waals surface area contributed by atoms with Gasteiger partial charge in [0.2, 0.25) is 0 Å². The number of thiophene rings is 2. The summed E-state index contributed by atoms with van der Waals surface area (Å²) in [7, 11) is 1.48. The predicted octanol–water partition coefficient (Wildman–Crippen LogP) is 3.72. The summed E-state index contributed by atoms with van der Waals surface area (Å²) in [6.45, 7) is 2.93. The third-order valence-corrected chi connectivity index (χ3v) is 7.52. The Morgan fingerprint density at radius 2 is 1.78 bits per heavy atom. The third kappa shape index (κ3) is 5.36. The van der Waals surface area contributed by atoms with E-state index in [1.807, 2.05) is 6.07 Å². The molecular weight excluding hydrogens is 452 g/mol. The zero-order valence-electron chi connectivity index (χ0n) is 18.3. The topological polar surface area (TPSA) is 111 Å². The first-order chi connectivity index (χ1) is 15.3. The average molecular weight is 479 g/mol. The highest BCUT2D eigenvalue weighted by Gasteiger charge is 2.26. The molecule has 0 atom stereocenters. The van der Waals surface area contributed by atoms with Gasteiger partial charge < -0.3 is 20.1 Å². The van der Waals surface area contributed by atoms with Crippen molar-refractivity contribution in [1.82, 2.24) is 5.32 Å². The zero-order valence-corrected chi connectivity index (χ0v) is 19.9. The number of esters is 2. The SMILES string of the molecule is CCOC(=O)c1c(NC(=O)COC(=O)c2cc3c(s2)CCCCC3)sc(C(=O)NC)c1C. The summed E-state index contributed by atoms with van der Waals surface area (Å²) in [4.78, 5) is 51.4. The molecule has 3 rings (SSSR count). The third-order valence-electron chi connectivity index (χ3n) is 5.09. The number of nitrogens with one attached hydrogen (secondary N) is 2. The summed E-state index contributed by atoms with van der Waals surface area (Å²) >= 11 is 2.39. The Hall–Kier alpha value is -2.72. The summed E-state index contributed by atoms with van der Waals surface area (Å²) in [5.41, 5.74) is 1.73. The van der Waals surface area contributed by atoms with Crippen molar-refractivity contribution in [3.8, 4) is 0 Å². The van der Waals surface area contributed by atoms with E-state index in [4.69, 9.17) is 9.47 Å². The number of carbonyl (C=O) groups excluding carboxylic acids is 4. The summed E-state index contributed by atoms with van der Waals surface area (Å²) in [6.07, 6.45) is 5.35. The maximum Gasteiger partial charge on any atom is 0.348 e. The molecule has 2 heterocycles. The van der Waals surface area contributed by atoms with Gasteiger partial charge in [0, 0.05) is 11.9 Å². The lowest BCUT2D eigenvalue weighted by molar-refractivity contribution is -0.119. The number of rotatable bonds is 7. The molecule has 0 aliphatic heterocycles. The second-order valence-electron chi connectivity index (χ2n) is 7.30. The van der Waals surface area contributed by atoms with Crippen LogP contribution in [0.4, 0.5) is 5.00 Å². The molecule has 1 aliphatic carbocycles. The van der Waals surface area contributed by atoms with Crippen LogP contribution < -0.4 is 10.6 Å². The van der Waals surface area contributed by atoms with Crippen LogP contribution >= 0.6 is 22.7 Å². The first kappa shape index (κ1) is 23.9. The van der Waals surface area contributed by atoms with Crippen LogP contribution in [0.5, 0.6) is 0 Å². The van der Waals surface area contributed by atoms with Gasteiger partial charge in [-0.1, -0.05) is 6.42 Å². The van der Waals surface area contributed by atoms with E-state index in [9.17, 15) is 19.2 Å². The largest absolute Gasteiger partial charge is 0.462 e. The molecule has 0 saturated heterocycles. The Bertz CT molecular complexity index is 1020. The summed E-state index contributed by atoms with van der Waals surface area (Å²) in [5.74, 6) is -2.16. The van der Waals surface area contributed by atoms with E-state index in [2.05, 4.69) is 10.6 Å². The standard InChI is InChI=1S/C22H26N2O6S2/c1-4-29-22(28)17-12(2)18(19(26)23-3)32-20(17)24-16(25)11-30-21(27)15-10-13-8-6-5-7-9-14(13)31-15/h10H,4-9,11H2,1-3H3,(H,23,26)(H,24,25). The van der Waals surface area contributed by atoms with Gasteiger partial charge in [0.05, 0.1) is 17.0 Å². The lowest BCUT2D eigenvalue weighted by Gasteiger charge is -2.07. The normalized spacial score (nSPS) is 13.0. The van der Waals surface area contributed by atoms with E-state index in [1.54, 1.807) is 13.8 Å². The second-order valence-corrected chi connectivity index (χ2v) is 9.46. The number of aryl methyl sites for hydroxylation is 2. The highest BCUT2D eigenvalue weighted by Crippen LogP contribution is 2.34. The van der Waals surface area contributed by atoms with Gasteiger partial charge in [-0.2, -0.15) is 0 Å². The van der Waals surface area contributed by atoms with Crippen molar-refractivity contribution in [2.24, 2.45) is 0 Å². The zero-order chi connectivity index (χ0) is 23.3. The van der Waals surface area contributed by atoms with Crippen molar-refractivity contribution in [2.45, 2.75) is 46.0 Å². The molecule has 0 fully saturated rings. The van der Waals surface area contributed by atoms with Crippen molar-refractivity contribution in [2.75, 3.05) is 25.6 Å². The predicted molar refractivity (Wildman–Crippen MR) is 123 cm³/mol. The van der Waals surface area contributed by atoms with E-state index in [1.165, 1.54) is 35.2 Å². The quantitative estimate of drug-likeness (QED) is 0.464. The van der Waals surface area contributed by atoms with Crippen molar-refractivity contribution in [3.05, 3.63) is 37.4 Å². The van der Waals surface area contributed by atoms with Crippen molar-refractivity contribution < 1.29 is 28.7 Å². The first-order valence-corrected chi connectivity index (χ1v) is 12.1. The van der Waals surface area contributed by atoms with Gasteiger partial charge in [-0.15, -0.1) is 22.7 Å². The number of amides is 2. The van der Waals surface area contributed by atoms with Crippen LogP contribution in [0, 0.1) is 6.92 Å². The molecule has 0 saturated carbocycles. The first-order valence-electron chi connectivity index (χ1n) is 10.5. The number of anilines is 1. The van der Waals surface area contributed by atoms with E-state index in [-0.39, 0.29) is 23.1 Å². The summed E-state index contributed by atoms with van der Waals surface area (Å²) < 4.78 is 10.3. The molecule has 2 aromatic rings. The van der Waals surface area contributed by atoms with Crippen LogP contribution in [0.2, 0.25) is 0 Å². The van der Waals surface area contributed by atoms with Gasteiger partial charge >= 0.3 is 11.9 Å². The van der Waals surface area contributed by atoms with Gasteiger partial charge in [-0.25, -0.2) is 9.59 Å². The van der Waals surface area contributed by atoms with Gasteiger partial charge in [0.1, 0.15) is 9.88 Å². The van der Waals surface area contributed by atoms with Crippen LogP contribution in [-0.2, 0) is 27.1 Å². The molecule has 0 aromatic carbocycles. The van der Waals surface area contributed by atoms with Gasteiger partial charge in [-0.3, -0.25) is 9.59 Å². The molecule has 0 spiro atoms. The molecule has 2 N–H and O–H groups in total. The van der Waals surface area contributed by atoms with Crippen LogP contribution in [0.3, 0.4) is 0 Å². The summed E-state index contributed by atoms with van der Waals surface area (Å²) in [5, 5.41) is 5.27. The van der Waals surface area contributed by atoms with Crippen LogP contribution in [0.25, 0.3) is 0 Å². The minimum Gasteiger partial charge on any atom is -0.462 e. The monoisotopic (exact) mass is 478 g/mol. The molecule has 8 nitrogen and oxygen atoms in total. The molecule has 32 heavy (non-hydrogen) atoms. The number of hydrogen-bond acceptors (Lipinski definition) is 8. The maximum atomic E-state index is 12.4. The molecule has 172 valence electrons. The number of fused-ring (bicyclic) bond motifs is 1. The molecule has 1 aliphatic rings. The molecule has 0 radical (unpaired) electrons. The number of carbonyl (C=O) groups is 4. The van der Waals surface area contributed by atoms with E-state index < -0.39 is 24.5 Å². The second kappa shape index (κ2) is 10.7. The highest BCUT2D eigenvalue weighted by atomic mass is 32.1. The Morgan fingerprint density at radius 1 is 1.03 bits per heavy atom. The Kier molecular flexibility index (Phi) is 8.03. The number of ether oxygens (including phenoxy) is 2. The number of hydrogen-bond donors (Lipinski definition) is 2. The van der Waals surface area contributed by atoms with Crippen molar-refractivity contribution in [1.29, 1.82) is 0 Å². The van der Waals surface area contributed by atoms with Gasteiger partial charge in [-0.05, 0) is 56.7 Å². The lowest BCUT2D eigenvalue weighted by atomic mass is 10.1. The molecule has 0 bridgehead atoms. The fraction of sp³-hybridized carbons (Fsp3) is 0.455. The van der Waals surface area contributed by atoms with E-state index in [0.29, 0.717) is 15.3 Å². The maximum absolute atomic E-state index is 12.4. The lowest BCUT2D eigenvalue weighted by Crippen LogP contribution is -2.21. The van der Waals surface area contributed by atoms with Gasteiger partial charge in [0.25, 0.3) is 11.8 Å². The minimum atomic E-state index is -0.635. The minimum absolute atomic E-state index is 0.122. The molecule has 10 heteroatoms. The van der Waals surface area contributed by atoms with Crippen LogP contribution in [0.15, 0.2) is 6.07 Å². The van der Waals surface area contributed by atoms with E-state index >= 15 is 0 Å². The van der Waals surface area contributed by atoms with E-state index in [0.717, 1.165) is 37.0 Å². The van der Waals surface area contributed by atoms with Gasteiger partial charge in [0.15, 0.2) is 6.61 Å².